The zero-order chi connectivity index (χ0) is 6.70. The molecule has 0 radical (unpaired) electrons. The molecule has 0 aromatic heterocycles. The first kappa shape index (κ1) is 5.09. The number of hydrogen-bond acceptors (Lipinski definition) is 2. The lowest BCUT2D eigenvalue weighted by Gasteiger charge is -1.88. The molecule has 0 amide bonds. The fourth-order valence-corrected chi connectivity index (χ4v) is 1.35. The van der Waals surface area contributed by atoms with Crippen LogP contribution in [-0.4, -0.2) is 17.7 Å². The van der Waals surface area contributed by atoms with Crippen molar-refractivity contribution in [1.29, 1.82) is 5.41 Å². The van der Waals surface area contributed by atoms with Gasteiger partial charge in [-0.15, -0.1) is 0 Å². The molecule has 0 unspecified atom stereocenters. The van der Waals surface area contributed by atoms with Gasteiger partial charge >= 0.3 is 0 Å². The highest BCUT2D eigenvalue weighted by atomic mass is 19.1. The van der Waals surface area contributed by atoms with Crippen LogP contribution >= 0.6 is 0 Å². The molecule has 48 valence electrons. The van der Waals surface area contributed by atoms with Crippen molar-refractivity contribution < 1.29 is 9.18 Å². The lowest BCUT2D eigenvalue weighted by atomic mass is 10.1. The molecule has 1 N–H and O–H groups in total. The number of hydrogen-bond donors (Lipinski definition) is 1. The number of halogens is 1. The van der Waals surface area contributed by atoms with Crippen LogP contribution in [0.25, 0.3) is 0 Å². The van der Waals surface area contributed by atoms with E-state index in [0.29, 0.717) is 12.8 Å². The van der Waals surface area contributed by atoms with Crippen LogP contribution in [0.4, 0.5) is 4.39 Å². The van der Waals surface area contributed by atoms with Gasteiger partial charge in [0, 0.05) is 0 Å². The maximum Gasteiger partial charge on any atom is 0.182 e. The molecule has 2 saturated carbocycles. The molecule has 9 heavy (non-hydrogen) atoms. The second kappa shape index (κ2) is 0.958. The molecule has 0 spiro atoms. The Morgan fingerprint density at radius 2 is 2.11 bits per heavy atom. The Labute approximate surface area is 51.6 Å². The van der Waals surface area contributed by atoms with Gasteiger partial charge in [-0.3, -0.25) is 4.79 Å². The van der Waals surface area contributed by atoms with Gasteiger partial charge in [-0.2, -0.15) is 0 Å². The predicted octanol–water partition coefficient (Wildman–Crippen LogP) is 0.707. The van der Waals surface area contributed by atoms with E-state index < -0.39 is 11.1 Å². The maximum atomic E-state index is 12.6. The summed E-state index contributed by atoms with van der Waals surface area (Å²) in [7, 11) is 0. The molecular formula is C6H6FNO. The molecule has 2 fully saturated rings. The SMILES string of the molecule is N=CC(=O)C12CC1(F)C2. The number of fused-ring (bicyclic) bond motifs is 1. The first-order valence-electron chi connectivity index (χ1n) is 2.88. The highest BCUT2D eigenvalue weighted by molar-refractivity contribution is 6.32. The minimum atomic E-state index is -1.17. The molecule has 0 aromatic rings. The second-order valence-electron chi connectivity index (χ2n) is 2.91. The number of carbonyl (C=O) groups is 1. The summed E-state index contributed by atoms with van der Waals surface area (Å²) in [6.07, 6.45) is 1.47. The number of alkyl halides is 1. The van der Waals surface area contributed by atoms with Crippen LogP contribution in [0.1, 0.15) is 12.8 Å². The predicted molar refractivity (Wildman–Crippen MR) is 29.3 cm³/mol. The molecule has 0 aromatic carbocycles. The van der Waals surface area contributed by atoms with Gasteiger partial charge in [0.15, 0.2) is 5.78 Å². The normalized spacial score (nSPS) is 51.7. The van der Waals surface area contributed by atoms with E-state index >= 15 is 0 Å². The summed E-state index contributed by atoms with van der Waals surface area (Å²) >= 11 is 0. The summed E-state index contributed by atoms with van der Waals surface area (Å²) < 4.78 is 12.6. The van der Waals surface area contributed by atoms with Gasteiger partial charge in [0.2, 0.25) is 0 Å². The van der Waals surface area contributed by atoms with E-state index in [1.165, 1.54) is 0 Å². The van der Waals surface area contributed by atoms with E-state index in [1.807, 2.05) is 0 Å². The van der Waals surface area contributed by atoms with Crippen LogP contribution in [0.2, 0.25) is 0 Å². The zero-order valence-electron chi connectivity index (χ0n) is 4.78. The Morgan fingerprint density at radius 1 is 1.67 bits per heavy atom. The van der Waals surface area contributed by atoms with Crippen molar-refractivity contribution in [3.8, 4) is 0 Å². The summed E-state index contributed by atoms with van der Waals surface area (Å²) in [6.45, 7) is 0. The monoisotopic (exact) mass is 127 g/mol. The van der Waals surface area contributed by atoms with Crippen molar-refractivity contribution in [2.45, 2.75) is 18.5 Å². The number of nitrogens with one attached hydrogen (secondary N) is 1. The molecule has 2 nitrogen and oxygen atoms in total. The van der Waals surface area contributed by atoms with E-state index in [4.69, 9.17) is 5.41 Å². The van der Waals surface area contributed by atoms with Crippen molar-refractivity contribution in [2.75, 3.05) is 0 Å². The van der Waals surface area contributed by atoms with Crippen molar-refractivity contribution in [2.24, 2.45) is 5.41 Å². The van der Waals surface area contributed by atoms with Crippen LogP contribution in [0.3, 0.4) is 0 Å². The third-order valence-corrected chi connectivity index (χ3v) is 2.37. The molecule has 2 rings (SSSR count). The van der Waals surface area contributed by atoms with Gasteiger partial charge in [-0.1, -0.05) is 0 Å². The third-order valence-electron chi connectivity index (χ3n) is 2.37. The molecule has 0 bridgehead atoms. The summed E-state index contributed by atoms with van der Waals surface area (Å²) in [5, 5.41) is 6.58. The van der Waals surface area contributed by atoms with Gasteiger partial charge in [0.1, 0.15) is 5.67 Å². The van der Waals surface area contributed by atoms with E-state index in [2.05, 4.69) is 0 Å². The van der Waals surface area contributed by atoms with Crippen LogP contribution in [-0.2, 0) is 4.79 Å². The highest BCUT2D eigenvalue weighted by Crippen LogP contribution is 2.81. The molecule has 0 heterocycles. The van der Waals surface area contributed by atoms with Gasteiger partial charge < -0.3 is 5.41 Å². The van der Waals surface area contributed by atoms with Crippen LogP contribution in [0.5, 0.6) is 0 Å². The minimum absolute atomic E-state index is 0.329. The molecular weight excluding hydrogens is 121 g/mol. The van der Waals surface area contributed by atoms with Gasteiger partial charge in [-0.25, -0.2) is 4.39 Å². The Bertz CT molecular complexity index is 205. The Hall–Kier alpha value is -0.730. The van der Waals surface area contributed by atoms with E-state index in [9.17, 15) is 9.18 Å². The number of carbonyl (C=O) groups excluding carboxylic acids is 1. The van der Waals surface area contributed by atoms with Crippen molar-refractivity contribution in [1.82, 2.24) is 0 Å². The second-order valence-corrected chi connectivity index (χ2v) is 2.91. The molecule has 2 aliphatic carbocycles. The Kier molecular flexibility index (Phi) is 0.542. The first-order chi connectivity index (χ1) is 4.15. The van der Waals surface area contributed by atoms with E-state index in [-0.39, 0.29) is 5.78 Å². The van der Waals surface area contributed by atoms with Gasteiger partial charge in [0.05, 0.1) is 11.6 Å². The van der Waals surface area contributed by atoms with Gasteiger partial charge in [0.25, 0.3) is 0 Å². The summed E-state index contributed by atoms with van der Waals surface area (Å²) in [5.74, 6) is -0.329. The topological polar surface area (TPSA) is 40.9 Å². The van der Waals surface area contributed by atoms with Crippen molar-refractivity contribution in [3.05, 3.63) is 0 Å². The lowest BCUT2D eigenvalue weighted by Crippen LogP contribution is -2.06. The zero-order valence-corrected chi connectivity index (χ0v) is 4.78. The Morgan fingerprint density at radius 3 is 2.22 bits per heavy atom. The smallest absolute Gasteiger partial charge is 0.182 e. The number of rotatable bonds is 2. The van der Waals surface area contributed by atoms with E-state index in [1.54, 1.807) is 0 Å². The number of Topliss-reactive ketones (excluding diaryl/α,β-unsaturated/α-hetero) is 1. The molecule has 0 aliphatic heterocycles. The minimum Gasteiger partial charge on any atom is -0.305 e. The lowest BCUT2D eigenvalue weighted by molar-refractivity contribution is -0.115. The van der Waals surface area contributed by atoms with Crippen molar-refractivity contribution in [3.63, 3.8) is 0 Å². The third kappa shape index (κ3) is 0.343. The number of ketones is 1. The quantitative estimate of drug-likeness (QED) is 0.545. The van der Waals surface area contributed by atoms with E-state index in [0.717, 1.165) is 6.21 Å². The van der Waals surface area contributed by atoms with Crippen LogP contribution in [0, 0.1) is 10.8 Å². The fourth-order valence-electron chi connectivity index (χ4n) is 1.35. The Balaban J connectivity index is 2.20. The highest BCUT2D eigenvalue weighted by Gasteiger charge is 2.88. The average Bonchev–Trinajstić information content (AvgIpc) is 2.51. The molecule has 0 atom stereocenters. The molecule has 3 heteroatoms. The van der Waals surface area contributed by atoms with Gasteiger partial charge in [-0.05, 0) is 12.8 Å². The summed E-state index contributed by atoms with van der Waals surface area (Å²) in [6, 6.07) is 0. The summed E-state index contributed by atoms with van der Waals surface area (Å²) in [4.78, 5) is 10.7. The van der Waals surface area contributed by atoms with Crippen molar-refractivity contribution >= 4 is 12.0 Å². The largest absolute Gasteiger partial charge is 0.305 e. The molecule has 2 aliphatic rings. The van der Waals surface area contributed by atoms with Crippen LogP contribution in [0.15, 0.2) is 0 Å². The first-order valence-corrected chi connectivity index (χ1v) is 2.88. The maximum absolute atomic E-state index is 12.6. The summed E-state index contributed by atoms with van der Waals surface area (Å²) in [5.41, 5.74) is -1.85. The average molecular weight is 127 g/mol. The fraction of sp³-hybridized carbons (Fsp3) is 0.667. The van der Waals surface area contributed by atoms with Crippen LogP contribution < -0.4 is 0 Å². The standard InChI is InChI=1S/C6H6FNO/c7-6-2-5(6,3-6)4(9)1-8/h1,8H,2-3H2. The molecule has 0 saturated heterocycles.